The number of thiocarbonyl (C=S) groups is 1. The second kappa shape index (κ2) is 5.41. The normalized spacial score (nSPS) is 21.2. The molecule has 1 nitrogen and oxygen atoms in total. The van der Waals surface area contributed by atoms with Crippen molar-refractivity contribution in [2.24, 2.45) is 4.99 Å². The summed E-state index contributed by atoms with van der Waals surface area (Å²) in [7, 11) is 0. The Morgan fingerprint density at radius 3 is 2.65 bits per heavy atom. The summed E-state index contributed by atoms with van der Waals surface area (Å²) in [6.07, 6.45) is 8.67. The van der Waals surface area contributed by atoms with E-state index in [-0.39, 0.29) is 0 Å². The number of nitrogens with zero attached hydrogens (tertiary/aromatic N) is 1. The highest BCUT2D eigenvalue weighted by Crippen LogP contribution is 2.21. The van der Waals surface area contributed by atoms with E-state index in [1.807, 2.05) is 54.6 Å². The number of hydrogen-bond donors (Lipinski definition) is 0. The van der Waals surface area contributed by atoms with E-state index in [1.165, 1.54) is 0 Å². The summed E-state index contributed by atoms with van der Waals surface area (Å²) in [4.78, 5) is 4.18. The molecule has 0 bridgehead atoms. The van der Waals surface area contributed by atoms with Crippen molar-refractivity contribution in [1.29, 1.82) is 0 Å². The van der Waals surface area contributed by atoms with Crippen LogP contribution in [-0.2, 0) is 0 Å². The molecular formula is C15H11NS. The second-order valence-electron chi connectivity index (χ2n) is 3.73. The van der Waals surface area contributed by atoms with Crippen LogP contribution in [0.5, 0.6) is 0 Å². The van der Waals surface area contributed by atoms with E-state index in [0.29, 0.717) is 0 Å². The van der Waals surface area contributed by atoms with E-state index in [9.17, 15) is 0 Å². The monoisotopic (exact) mass is 237 g/mol. The van der Waals surface area contributed by atoms with Gasteiger partial charge in [0.05, 0.1) is 5.16 Å². The third kappa shape index (κ3) is 3.01. The van der Waals surface area contributed by atoms with Gasteiger partial charge in [-0.1, -0.05) is 48.3 Å². The standard InChI is InChI=1S/C15H11NS/c17-13-16-15(10-5-2-6-11-15)12-9-14-7-3-1-4-8-14/h1-8,10H,11H2. The first-order valence-corrected chi connectivity index (χ1v) is 5.77. The minimum atomic E-state index is -0.535. The number of hydrogen-bond acceptors (Lipinski definition) is 2. The van der Waals surface area contributed by atoms with Crippen LogP contribution in [0.1, 0.15) is 12.0 Å². The first-order valence-electron chi connectivity index (χ1n) is 5.36. The van der Waals surface area contributed by atoms with Crippen LogP contribution < -0.4 is 0 Å². The average molecular weight is 237 g/mol. The summed E-state index contributed by atoms with van der Waals surface area (Å²) in [5.74, 6) is 6.29. The Labute approximate surface area is 107 Å². The highest BCUT2D eigenvalue weighted by atomic mass is 32.1. The predicted octanol–water partition coefficient (Wildman–Crippen LogP) is 3.40. The van der Waals surface area contributed by atoms with Crippen molar-refractivity contribution in [3.8, 4) is 11.8 Å². The largest absolute Gasteiger partial charge is 0.208 e. The maximum Gasteiger partial charge on any atom is 0.153 e. The third-order valence-corrected chi connectivity index (χ3v) is 2.58. The fourth-order valence-corrected chi connectivity index (χ4v) is 1.76. The molecule has 0 saturated heterocycles. The summed E-state index contributed by atoms with van der Waals surface area (Å²) in [6, 6.07) is 9.86. The van der Waals surface area contributed by atoms with Crippen molar-refractivity contribution in [1.82, 2.24) is 0 Å². The molecule has 1 atom stereocenters. The van der Waals surface area contributed by atoms with Crippen LogP contribution in [0.25, 0.3) is 0 Å². The van der Waals surface area contributed by atoms with Gasteiger partial charge in [0.1, 0.15) is 0 Å². The molecule has 0 amide bonds. The van der Waals surface area contributed by atoms with Crippen LogP contribution in [0.2, 0.25) is 0 Å². The molecule has 1 aromatic carbocycles. The Morgan fingerprint density at radius 1 is 1.18 bits per heavy atom. The SMILES string of the molecule is S=C=NC1(C#Cc2ccccc2)C=CC=CC1. The molecule has 0 heterocycles. The van der Waals surface area contributed by atoms with Crippen LogP contribution in [0.4, 0.5) is 0 Å². The molecule has 0 N–H and O–H groups in total. The summed E-state index contributed by atoms with van der Waals surface area (Å²) < 4.78 is 0. The Balaban J connectivity index is 2.32. The summed E-state index contributed by atoms with van der Waals surface area (Å²) in [6.45, 7) is 0. The number of allylic oxidation sites excluding steroid dienone is 2. The van der Waals surface area contributed by atoms with Crippen LogP contribution in [0, 0.1) is 11.8 Å². The molecule has 82 valence electrons. The zero-order chi connectivity index (χ0) is 12.0. The second-order valence-corrected chi connectivity index (χ2v) is 3.92. The van der Waals surface area contributed by atoms with E-state index in [4.69, 9.17) is 12.2 Å². The summed E-state index contributed by atoms with van der Waals surface area (Å²) >= 11 is 4.69. The zero-order valence-electron chi connectivity index (χ0n) is 9.26. The molecule has 0 aliphatic heterocycles. The molecule has 1 aromatic rings. The van der Waals surface area contributed by atoms with E-state index in [2.05, 4.69) is 22.0 Å². The molecule has 0 spiro atoms. The van der Waals surface area contributed by atoms with Crippen LogP contribution >= 0.6 is 12.2 Å². The van der Waals surface area contributed by atoms with Gasteiger partial charge in [-0.25, -0.2) is 4.99 Å². The Bertz CT molecular complexity index is 554. The minimum Gasteiger partial charge on any atom is -0.208 e. The quantitative estimate of drug-likeness (QED) is 0.414. The smallest absolute Gasteiger partial charge is 0.153 e. The zero-order valence-corrected chi connectivity index (χ0v) is 10.1. The number of isothiocyanates is 1. The van der Waals surface area contributed by atoms with E-state index in [0.717, 1.165) is 12.0 Å². The van der Waals surface area contributed by atoms with Crippen molar-refractivity contribution >= 4 is 17.4 Å². The average Bonchev–Trinajstić information content (AvgIpc) is 2.39. The van der Waals surface area contributed by atoms with Gasteiger partial charge in [0.25, 0.3) is 0 Å². The maximum absolute atomic E-state index is 4.69. The summed E-state index contributed by atoms with van der Waals surface area (Å²) in [5, 5.41) is 2.44. The lowest BCUT2D eigenvalue weighted by molar-refractivity contribution is 0.693. The van der Waals surface area contributed by atoms with Crippen molar-refractivity contribution in [3.05, 3.63) is 60.2 Å². The van der Waals surface area contributed by atoms with Gasteiger partial charge in [0.15, 0.2) is 5.54 Å². The van der Waals surface area contributed by atoms with Gasteiger partial charge in [0, 0.05) is 12.0 Å². The Morgan fingerprint density at radius 2 is 2.00 bits per heavy atom. The molecular weight excluding hydrogens is 226 g/mol. The number of rotatable bonds is 1. The Kier molecular flexibility index (Phi) is 3.67. The molecule has 17 heavy (non-hydrogen) atoms. The first-order chi connectivity index (χ1) is 8.35. The highest BCUT2D eigenvalue weighted by molar-refractivity contribution is 7.78. The van der Waals surface area contributed by atoms with Gasteiger partial charge >= 0.3 is 0 Å². The topological polar surface area (TPSA) is 12.4 Å². The van der Waals surface area contributed by atoms with Crippen molar-refractivity contribution < 1.29 is 0 Å². The molecule has 2 rings (SSSR count). The number of benzene rings is 1. The fourth-order valence-electron chi connectivity index (χ4n) is 1.60. The van der Waals surface area contributed by atoms with Gasteiger partial charge in [0.2, 0.25) is 0 Å². The van der Waals surface area contributed by atoms with Crippen molar-refractivity contribution in [2.75, 3.05) is 0 Å². The highest BCUT2D eigenvalue weighted by Gasteiger charge is 2.22. The molecule has 0 aromatic heterocycles. The Hall–Kier alpha value is -1.94. The summed E-state index contributed by atoms with van der Waals surface area (Å²) in [5.41, 5.74) is 0.446. The molecule has 0 saturated carbocycles. The first kappa shape index (κ1) is 11.5. The molecule has 1 aliphatic rings. The fraction of sp³-hybridized carbons (Fsp3) is 0.133. The van der Waals surface area contributed by atoms with E-state index < -0.39 is 5.54 Å². The van der Waals surface area contributed by atoms with E-state index in [1.54, 1.807) is 0 Å². The molecule has 0 radical (unpaired) electrons. The number of aliphatic imine (C=N–C) groups is 1. The predicted molar refractivity (Wildman–Crippen MR) is 74.0 cm³/mol. The van der Waals surface area contributed by atoms with Crippen LogP contribution in [0.3, 0.4) is 0 Å². The van der Waals surface area contributed by atoms with E-state index >= 15 is 0 Å². The maximum atomic E-state index is 4.69. The van der Waals surface area contributed by atoms with Gasteiger partial charge in [-0.15, -0.1) is 0 Å². The minimum absolute atomic E-state index is 0.535. The molecule has 1 aliphatic carbocycles. The van der Waals surface area contributed by atoms with Gasteiger partial charge in [-0.2, -0.15) is 0 Å². The van der Waals surface area contributed by atoms with Gasteiger partial charge in [-0.3, -0.25) is 0 Å². The van der Waals surface area contributed by atoms with Crippen molar-refractivity contribution in [3.63, 3.8) is 0 Å². The molecule has 2 heteroatoms. The van der Waals surface area contributed by atoms with Gasteiger partial charge < -0.3 is 0 Å². The van der Waals surface area contributed by atoms with Crippen molar-refractivity contribution in [2.45, 2.75) is 12.0 Å². The van der Waals surface area contributed by atoms with Gasteiger partial charge in [-0.05, 0) is 30.4 Å². The van der Waals surface area contributed by atoms with Crippen LogP contribution in [-0.4, -0.2) is 10.7 Å². The lowest BCUT2D eigenvalue weighted by Crippen LogP contribution is -2.21. The molecule has 0 fully saturated rings. The lowest BCUT2D eigenvalue weighted by Gasteiger charge is -2.18. The lowest BCUT2D eigenvalue weighted by atomic mass is 9.92. The molecule has 1 unspecified atom stereocenters. The third-order valence-electron chi connectivity index (χ3n) is 2.49. The van der Waals surface area contributed by atoms with Crippen LogP contribution in [0.15, 0.2) is 59.6 Å².